The van der Waals surface area contributed by atoms with Gasteiger partial charge in [-0.25, -0.2) is 0 Å². The van der Waals surface area contributed by atoms with Gasteiger partial charge in [-0.15, -0.1) is 11.3 Å². The maximum atomic E-state index is 10.7. The van der Waals surface area contributed by atoms with Crippen LogP contribution in [-0.2, 0) is 0 Å². The third-order valence-corrected chi connectivity index (χ3v) is 4.82. The van der Waals surface area contributed by atoms with Gasteiger partial charge in [-0.3, -0.25) is 0 Å². The molecule has 0 aliphatic rings. The summed E-state index contributed by atoms with van der Waals surface area (Å²) in [6.45, 7) is 2.02. The highest BCUT2D eigenvalue weighted by Crippen LogP contribution is 2.35. The van der Waals surface area contributed by atoms with E-state index in [1.165, 1.54) is 4.70 Å². The van der Waals surface area contributed by atoms with Gasteiger partial charge in [-0.05, 0) is 35.4 Å². The van der Waals surface area contributed by atoms with Gasteiger partial charge in [-0.2, -0.15) is 0 Å². The number of aryl methyl sites for hydroxylation is 1. The normalized spacial score (nSPS) is 13.0. The lowest BCUT2D eigenvalue weighted by atomic mass is 10.1. The third kappa shape index (κ3) is 1.97. The lowest BCUT2D eigenvalue weighted by Crippen LogP contribution is -1.96. The Labute approximate surface area is 126 Å². The van der Waals surface area contributed by atoms with Gasteiger partial charge >= 0.3 is 0 Å². The molecule has 104 valence electrons. The fraction of sp³-hybridized carbons (Fsp3) is 0.111. The molecule has 1 unspecified atom stereocenters. The fourth-order valence-electron chi connectivity index (χ4n) is 2.73. The minimum Gasteiger partial charge on any atom is -0.458 e. The molecule has 0 bridgehead atoms. The van der Waals surface area contributed by atoms with E-state index in [9.17, 15) is 5.11 Å². The second-order valence-corrected chi connectivity index (χ2v) is 6.14. The smallest absolute Gasteiger partial charge is 0.138 e. The zero-order chi connectivity index (χ0) is 14.4. The molecule has 0 radical (unpaired) electrons. The quantitative estimate of drug-likeness (QED) is 0.562. The van der Waals surface area contributed by atoms with E-state index in [2.05, 4.69) is 6.07 Å². The van der Waals surface area contributed by atoms with Gasteiger partial charge in [0.15, 0.2) is 0 Å². The van der Waals surface area contributed by atoms with E-state index in [1.807, 2.05) is 54.8 Å². The Morgan fingerprint density at radius 2 is 1.95 bits per heavy atom. The molecule has 4 aromatic rings. The van der Waals surface area contributed by atoms with Gasteiger partial charge in [0.25, 0.3) is 0 Å². The van der Waals surface area contributed by atoms with Crippen molar-refractivity contribution >= 4 is 32.4 Å². The van der Waals surface area contributed by atoms with Crippen LogP contribution in [0, 0.1) is 6.92 Å². The Morgan fingerprint density at radius 1 is 1.10 bits per heavy atom. The molecule has 21 heavy (non-hydrogen) atoms. The number of aliphatic hydroxyl groups excluding tert-OH is 1. The molecule has 2 heterocycles. The number of benzene rings is 2. The minimum absolute atomic E-state index is 0.600. The number of rotatable bonds is 2. The Morgan fingerprint density at radius 3 is 2.81 bits per heavy atom. The molecule has 0 amide bonds. The van der Waals surface area contributed by atoms with Gasteiger partial charge < -0.3 is 9.52 Å². The molecule has 1 N–H and O–H groups in total. The Kier molecular flexibility index (Phi) is 2.84. The molecular weight excluding hydrogens is 280 g/mol. The lowest BCUT2D eigenvalue weighted by Gasteiger charge is -2.06. The SMILES string of the molecule is Cc1cccc2cc(C(O)c3csc4ccccc34)oc12. The predicted molar refractivity (Wildman–Crippen MR) is 86.8 cm³/mol. The number of hydrogen-bond acceptors (Lipinski definition) is 3. The van der Waals surface area contributed by atoms with Crippen LogP contribution in [0.15, 0.2) is 58.3 Å². The molecule has 3 heteroatoms. The molecule has 0 aliphatic carbocycles. The second kappa shape index (κ2) is 4.72. The van der Waals surface area contributed by atoms with Gasteiger partial charge in [0.2, 0.25) is 0 Å². The van der Waals surface area contributed by atoms with Gasteiger partial charge in [0.1, 0.15) is 17.4 Å². The van der Waals surface area contributed by atoms with Crippen LogP contribution >= 0.6 is 11.3 Å². The summed E-state index contributed by atoms with van der Waals surface area (Å²) in [5.74, 6) is 0.600. The molecule has 2 nitrogen and oxygen atoms in total. The summed E-state index contributed by atoms with van der Waals surface area (Å²) < 4.78 is 7.07. The number of para-hydroxylation sites is 1. The van der Waals surface area contributed by atoms with E-state index < -0.39 is 6.10 Å². The Bertz CT molecular complexity index is 933. The van der Waals surface area contributed by atoms with Crippen molar-refractivity contribution in [1.29, 1.82) is 0 Å². The Balaban J connectivity index is 1.86. The molecule has 1 atom stereocenters. The summed E-state index contributed by atoms with van der Waals surface area (Å²) in [4.78, 5) is 0. The Hall–Kier alpha value is -2.10. The summed E-state index contributed by atoms with van der Waals surface area (Å²) in [7, 11) is 0. The monoisotopic (exact) mass is 294 g/mol. The first kappa shape index (κ1) is 12.6. The first-order valence-electron chi connectivity index (χ1n) is 6.87. The zero-order valence-electron chi connectivity index (χ0n) is 11.5. The molecule has 2 aromatic carbocycles. The van der Waals surface area contributed by atoms with Gasteiger partial charge in [0, 0.05) is 15.6 Å². The average molecular weight is 294 g/mol. The van der Waals surface area contributed by atoms with Crippen LogP contribution in [0.2, 0.25) is 0 Å². The van der Waals surface area contributed by atoms with Crippen LogP contribution < -0.4 is 0 Å². The number of thiophene rings is 1. The predicted octanol–water partition coefficient (Wildman–Crippen LogP) is 5.04. The number of hydrogen-bond donors (Lipinski definition) is 1. The topological polar surface area (TPSA) is 33.4 Å². The van der Waals surface area contributed by atoms with E-state index >= 15 is 0 Å². The highest BCUT2D eigenvalue weighted by Gasteiger charge is 2.19. The lowest BCUT2D eigenvalue weighted by molar-refractivity contribution is 0.194. The standard InChI is InChI=1S/C18H14O2S/c1-11-5-4-6-12-9-15(20-18(11)12)17(19)14-10-21-16-8-3-2-7-13(14)16/h2-10,17,19H,1H3. The van der Waals surface area contributed by atoms with E-state index in [0.29, 0.717) is 5.76 Å². The zero-order valence-corrected chi connectivity index (χ0v) is 12.4. The van der Waals surface area contributed by atoms with E-state index in [4.69, 9.17) is 4.42 Å². The second-order valence-electron chi connectivity index (χ2n) is 5.23. The molecule has 0 saturated heterocycles. The number of fused-ring (bicyclic) bond motifs is 2. The van der Waals surface area contributed by atoms with Crippen LogP contribution in [0.5, 0.6) is 0 Å². The summed E-state index contributed by atoms with van der Waals surface area (Å²) in [5, 5.41) is 14.8. The molecule has 4 rings (SSSR count). The van der Waals surface area contributed by atoms with E-state index in [1.54, 1.807) is 11.3 Å². The van der Waals surface area contributed by atoms with Gasteiger partial charge in [-0.1, -0.05) is 36.4 Å². The molecule has 0 fully saturated rings. The maximum Gasteiger partial charge on any atom is 0.138 e. The number of aliphatic hydroxyl groups is 1. The summed E-state index contributed by atoms with van der Waals surface area (Å²) in [6, 6.07) is 16.1. The molecule has 0 aliphatic heterocycles. The van der Waals surface area contributed by atoms with Crippen molar-refractivity contribution in [3.63, 3.8) is 0 Å². The van der Waals surface area contributed by atoms with E-state index in [0.717, 1.165) is 27.5 Å². The number of furan rings is 1. The van der Waals surface area contributed by atoms with Crippen LogP contribution in [0.1, 0.15) is 23.0 Å². The van der Waals surface area contributed by atoms with Crippen molar-refractivity contribution in [3.05, 3.63) is 70.8 Å². The van der Waals surface area contributed by atoms with Gasteiger partial charge in [0.05, 0.1) is 0 Å². The third-order valence-electron chi connectivity index (χ3n) is 3.84. The highest BCUT2D eigenvalue weighted by molar-refractivity contribution is 7.17. The first-order chi connectivity index (χ1) is 10.2. The summed E-state index contributed by atoms with van der Waals surface area (Å²) >= 11 is 1.65. The minimum atomic E-state index is -0.729. The molecular formula is C18H14O2S. The van der Waals surface area contributed by atoms with E-state index in [-0.39, 0.29) is 0 Å². The largest absolute Gasteiger partial charge is 0.458 e. The van der Waals surface area contributed by atoms with Crippen molar-refractivity contribution < 1.29 is 9.52 Å². The molecule has 2 aromatic heterocycles. The van der Waals surface area contributed by atoms with Crippen molar-refractivity contribution in [2.24, 2.45) is 0 Å². The van der Waals surface area contributed by atoms with Crippen LogP contribution in [-0.4, -0.2) is 5.11 Å². The molecule has 0 saturated carbocycles. The average Bonchev–Trinajstić information content (AvgIpc) is 3.11. The molecule has 0 spiro atoms. The van der Waals surface area contributed by atoms with Crippen molar-refractivity contribution in [2.75, 3.05) is 0 Å². The fourth-order valence-corrected chi connectivity index (χ4v) is 3.71. The maximum absolute atomic E-state index is 10.7. The summed E-state index contributed by atoms with van der Waals surface area (Å²) in [6.07, 6.45) is -0.729. The summed E-state index contributed by atoms with van der Waals surface area (Å²) in [5.41, 5.74) is 2.85. The van der Waals surface area contributed by atoms with Crippen LogP contribution in [0.4, 0.5) is 0 Å². The first-order valence-corrected chi connectivity index (χ1v) is 7.75. The van der Waals surface area contributed by atoms with Crippen LogP contribution in [0.25, 0.3) is 21.1 Å². The highest BCUT2D eigenvalue weighted by atomic mass is 32.1. The van der Waals surface area contributed by atoms with Crippen molar-refractivity contribution in [2.45, 2.75) is 13.0 Å². The van der Waals surface area contributed by atoms with Crippen molar-refractivity contribution in [3.8, 4) is 0 Å². The van der Waals surface area contributed by atoms with Crippen molar-refractivity contribution in [1.82, 2.24) is 0 Å². The van der Waals surface area contributed by atoms with Crippen LogP contribution in [0.3, 0.4) is 0 Å².